The van der Waals surface area contributed by atoms with E-state index in [1.165, 1.54) is 11.0 Å². The molecule has 4 aliphatic rings. The Hall–Kier alpha value is -4.80. The van der Waals surface area contributed by atoms with Crippen molar-refractivity contribution in [3.63, 3.8) is 0 Å². The van der Waals surface area contributed by atoms with E-state index >= 15 is 4.39 Å². The van der Waals surface area contributed by atoms with Gasteiger partial charge in [-0.05, 0) is 50.1 Å². The number of terminal acetylenes is 1. The monoisotopic (exact) mass is 697 g/mol. The molecule has 0 aliphatic carbocycles. The zero-order valence-electron chi connectivity index (χ0n) is 29.0. The lowest BCUT2D eigenvalue weighted by Crippen LogP contribution is -2.58. The smallest absolute Gasteiger partial charge is 0.409 e. The maximum absolute atomic E-state index is 17.1. The summed E-state index contributed by atoms with van der Waals surface area (Å²) >= 11 is 0. The Bertz CT molecular complexity index is 2070. The number of anilines is 1. The van der Waals surface area contributed by atoms with Crippen molar-refractivity contribution < 1.29 is 27.8 Å². The van der Waals surface area contributed by atoms with E-state index in [0.29, 0.717) is 60.5 Å². The lowest BCUT2D eigenvalue weighted by atomic mass is 9.95. The third-order valence-electron chi connectivity index (χ3n) is 11.1. The molecule has 0 radical (unpaired) electrons. The first-order chi connectivity index (χ1) is 24.7. The van der Waals surface area contributed by atoms with Crippen LogP contribution in [0.2, 0.25) is 0 Å². The fraction of sp³-hybridized carbons (Fsp3) is 0.474. The van der Waals surface area contributed by atoms with Crippen LogP contribution >= 0.6 is 0 Å². The first-order valence-corrected chi connectivity index (χ1v) is 17.7. The fourth-order valence-electron chi connectivity index (χ4n) is 8.36. The molecule has 0 saturated carbocycles. The van der Waals surface area contributed by atoms with Crippen molar-refractivity contribution in [2.45, 2.75) is 62.7 Å². The minimum Gasteiger partial charge on any atom is -0.475 e. The molecule has 0 spiro atoms. The minimum atomic E-state index is -0.699. The molecule has 4 aromatic rings. The number of nitrogens with one attached hydrogen (secondary N) is 1. The Morgan fingerprint density at radius 1 is 1.18 bits per heavy atom. The van der Waals surface area contributed by atoms with Crippen molar-refractivity contribution in [2.24, 2.45) is 0 Å². The van der Waals surface area contributed by atoms with Crippen molar-refractivity contribution >= 4 is 33.6 Å². The summed E-state index contributed by atoms with van der Waals surface area (Å²) in [4.78, 5) is 32.6. The quantitative estimate of drug-likeness (QED) is 0.262. The van der Waals surface area contributed by atoms with Gasteiger partial charge in [0.2, 0.25) is 5.88 Å². The maximum atomic E-state index is 17.1. The molecule has 13 heteroatoms. The second-order valence-electron chi connectivity index (χ2n) is 14.2. The van der Waals surface area contributed by atoms with Gasteiger partial charge in [0.05, 0.1) is 17.1 Å². The number of halogens is 2. The van der Waals surface area contributed by atoms with Gasteiger partial charge in [0.1, 0.15) is 48.1 Å². The number of hydrogen-bond donors (Lipinski definition) is 1. The summed E-state index contributed by atoms with van der Waals surface area (Å²) < 4.78 is 50.5. The Morgan fingerprint density at radius 2 is 2.04 bits per heavy atom. The van der Waals surface area contributed by atoms with E-state index in [-0.39, 0.29) is 58.4 Å². The molecule has 3 saturated heterocycles. The molecule has 2 aromatic heterocycles. The van der Waals surface area contributed by atoms with Crippen LogP contribution in [0.15, 0.2) is 30.3 Å². The van der Waals surface area contributed by atoms with E-state index in [9.17, 15) is 9.18 Å². The van der Waals surface area contributed by atoms with Crippen LogP contribution in [-0.2, 0) is 4.74 Å². The zero-order chi connectivity index (χ0) is 35.4. The van der Waals surface area contributed by atoms with E-state index in [1.54, 1.807) is 38.4 Å². The van der Waals surface area contributed by atoms with Gasteiger partial charge in [0.15, 0.2) is 5.82 Å². The van der Waals surface area contributed by atoms with E-state index in [0.717, 1.165) is 38.6 Å². The average Bonchev–Trinajstić information content (AvgIpc) is 3.67. The van der Waals surface area contributed by atoms with E-state index < -0.39 is 11.6 Å². The molecular formula is C38H41F2N7O4. The van der Waals surface area contributed by atoms with E-state index in [1.807, 2.05) is 0 Å². The Kier molecular flexibility index (Phi) is 8.55. The highest BCUT2D eigenvalue weighted by atomic mass is 19.1. The van der Waals surface area contributed by atoms with Crippen molar-refractivity contribution in [1.82, 2.24) is 30.1 Å². The highest BCUT2D eigenvalue weighted by molar-refractivity contribution is 6.03. The highest BCUT2D eigenvalue weighted by Crippen LogP contribution is 2.45. The second-order valence-corrected chi connectivity index (χ2v) is 14.2. The van der Waals surface area contributed by atoms with Gasteiger partial charge in [-0.15, -0.1) is 6.42 Å². The molecule has 1 N–H and O–H groups in total. The van der Waals surface area contributed by atoms with Crippen LogP contribution in [-0.4, -0.2) is 108 Å². The first kappa shape index (κ1) is 33.3. The van der Waals surface area contributed by atoms with Gasteiger partial charge in [0.25, 0.3) is 0 Å². The van der Waals surface area contributed by atoms with Crippen LogP contribution in [0.25, 0.3) is 32.9 Å². The Labute approximate surface area is 295 Å². The van der Waals surface area contributed by atoms with Gasteiger partial charge in [-0.1, -0.05) is 37.1 Å². The van der Waals surface area contributed by atoms with Crippen LogP contribution in [0.4, 0.5) is 19.4 Å². The summed E-state index contributed by atoms with van der Waals surface area (Å²) in [6.07, 6.45) is 9.95. The normalized spacial score (nSPS) is 24.1. The average molecular weight is 698 g/mol. The zero-order valence-corrected chi connectivity index (χ0v) is 29.0. The van der Waals surface area contributed by atoms with E-state index in [4.69, 9.17) is 35.6 Å². The largest absolute Gasteiger partial charge is 0.475 e. The number of rotatable bonds is 7. The number of benzene rings is 2. The molecule has 51 heavy (non-hydrogen) atoms. The predicted molar refractivity (Wildman–Crippen MR) is 189 cm³/mol. The fourth-order valence-corrected chi connectivity index (χ4v) is 8.36. The molecule has 4 atom stereocenters. The lowest BCUT2D eigenvalue weighted by molar-refractivity contribution is 0.0484. The molecule has 11 nitrogen and oxygen atoms in total. The number of carbonyl (C=O) groups excluding carboxylic acids is 1. The summed E-state index contributed by atoms with van der Waals surface area (Å²) in [6.45, 7) is 5.18. The number of pyridine rings is 1. The molecule has 0 unspecified atom stereocenters. The SMILES string of the molecule is C#Cc1c(F)ccc2cccc(-c3nc4c5c(nc(OC[C@@]67CCCN6[C@@H](COC(=O)N(C)C)CC7)nc5c3F)N3C[C@@H](CC)NC[C@H]3CO4)c12. The summed E-state index contributed by atoms with van der Waals surface area (Å²) in [5.41, 5.74) is 0.0600. The standard InChI is InChI=1S/C38H41F2N7O4/c1-5-23-18-46-25(17-41-23)20-49-35-30-33(31(40)32(42-35)27-10-7-9-22-11-12-28(39)26(6-2)29(22)27)43-36(44-34(30)46)51-21-38-14-8-16-47(38)24(13-15-38)19-50-37(48)45(3)4/h2,7,9-12,23-25,41H,5,8,13-21H2,1,3-4H3/t23-,24-,25+,38+/m1/s1. The van der Waals surface area contributed by atoms with E-state index in [2.05, 4.69) is 28.0 Å². The van der Waals surface area contributed by atoms with Crippen LogP contribution in [0.3, 0.4) is 0 Å². The Morgan fingerprint density at radius 3 is 2.84 bits per heavy atom. The number of amides is 1. The lowest BCUT2D eigenvalue weighted by Gasteiger charge is -2.39. The molecule has 4 aliphatic heterocycles. The Balaban J connectivity index is 1.22. The molecule has 2 aromatic carbocycles. The molecule has 6 heterocycles. The van der Waals surface area contributed by atoms with Gasteiger partial charge in [0, 0.05) is 50.2 Å². The molecule has 1 amide bonds. The topological polar surface area (TPSA) is 105 Å². The second kappa shape index (κ2) is 13.1. The first-order valence-electron chi connectivity index (χ1n) is 17.7. The van der Waals surface area contributed by atoms with Crippen LogP contribution < -0.4 is 19.7 Å². The van der Waals surface area contributed by atoms with Gasteiger partial charge in [-0.25, -0.2) is 18.6 Å². The van der Waals surface area contributed by atoms with Crippen molar-refractivity contribution in [2.75, 3.05) is 58.5 Å². The molecule has 0 bridgehead atoms. The van der Waals surface area contributed by atoms with Crippen LogP contribution in [0.1, 0.15) is 44.6 Å². The predicted octanol–water partition coefficient (Wildman–Crippen LogP) is 5.13. The molecule has 266 valence electrons. The number of fused-ring (bicyclic) bond motifs is 4. The van der Waals surface area contributed by atoms with Gasteiger partial charge >= 0.3 is 12.1 Å². The van der Waals surface area contributed by atoms with Crippen LogP contribution in [0, 0.1) is 24.0 Å². The number of hydrogen-bond acceptors (Lipinski definition) is 10. The van der Waals surface area contributed by atoms with Crippen molar-refractivity contribution in [3.8, 4) is 35.5 Å². The van der Waals surface area contributed by atoms with Gasteiger partial charge in [-0.2, -0.15) is 9.97 Å². The maximum Gasteiger partial charge on any atom is 0.409 e. The highest BCUT2D eigenvalue weighted by Gasteiger charge is 2.50. The van der Waals surface area contributed by atoms with Crippen LogP contribution in [0.5, 0.6) is 11.9 Å². The van der Waals surface area contributed by atoms with Gasteiger partial charge < -0.3 is 29.3 Å². The van der Waals surface area contributed by atoms with Crippen molar-refractivity contribution in [1.29, 1.82) is 0 Å². The minimum absolute atomic E-state index is 0.0126. The summed E-state index contributed by atoms with van der Waals surface area (Å²) in [5.74, 6) is 1.89. The van der Waals surface area contributed by atoms with Gasteiger partial charge in [-0.3, -0.25) is 4.90 Å². The number of aromatic nitrogens is 3. The molecule has 8 rings (SSSR count). The summed E-state index contributed by atoms with van der Waals surface area (Å²) in [6, 6.07) is 8.42. The molecule has 3 fully saturated rings. The number of carbonyl (C=O) groups is 1. The number of ether oxygens (including phenoxy) is 3. The number of piperazine rings is 1. The molecular weight excluding hydrogens is 656 g/mol. The summed E-state index contributed by atoms with van der Waals surface area (Å²) in [5, 5.41) is 5.00. The van der Waals surface area contributed by atoms with Crippen molar-refractivity contribution in [3.05, 3.63) is 47.5 Å². The number of nitrogens with zero attached hydrogens (tertiary/aromatic N) is 6. The third-order valence-corrected chi connectivity index (χ3v) is 11.1. The third kappa shape index (κ3) is 5.65. The summed E-state index contributed by atoms with van der Waals surface area (Å²) in [7, 11) is 3.34.